The van der Waals surface area contributed by atoms with Crippen molar-refractivity contribution < 1.29 is 9.53 Å². The van der Waals surface area contributed by atoms with E-state index in [1.165, 1.54) is 0 Å². The van der Waals surface area contributed by atoms with Gasteiger partial charge in [0.2, 0.25) is 0 Å². The molecule has 3 rings (SSSR count). The van der Waals surface area contributed by atoms with Gasteiger partial charge in [-0.1, -0.05) is 11.8 Å². The summed E-state index contributed by atoms with van der Waals surface area (Å²) in [6.45, 7) is 2.28. The van der Waals surface area contributed by atoms with E-state index in [0.717, 1.165) is 30.4 Å². The summed E-state index contributed by atoms with van der Waals surface area (Å²) < 4.78 is 5.77. The van der Waals surface area contributed by atoms with Crippen LogP contribution in [0.4, 0.5) is 0 Å². The van der Waals surface area contributed by atoms with Crippen molar-refractivity contribution in [2.45, 2.75) is 44.4 Å². The first-order valence-corrected chi connectivity index (χ1v) is 7.42. The number of amides is 1. The largest absolute Gasteiger partial charge is 0.373 e. The lowest BCUT2D eigenvalue weighted by atomic mass is 9.95. The van der Waals surface area contributed by atoms with E-state index in [1.807, 2.05) is 25.1 Å². The second-order valence-electron chi connectivity index (χ2n) is 5.78. The molecule has 1 aromatic rings. The predicted molar refractivity (Wildman–Crippen MR) is 80.9 cm³/mol. The zero-order valence-corrected chi connectivity index (χ0v) is 12.2. The van der Waals surface area contributed by atoms with Crippen molar-refractivity contribution in [3.05, 3.63) is 34.9 Å². The maximum Gasteiger partial charge on any atom is 0.251 e. The highest BCUT2D eigenvalue weighted by Gasteiger charge is 2.41. The number of rotatable bonds is 2. The lowest BCUT2D eigenvalue weighted by Crippen LogP contribution is -2.41. The van der Waals surface area contributed by atoms with Crippen molar-refractivity contribution in [3.8, 4) is 11.8 Å². The topological polar surface area (TPSA) is 64.4 Å². The Kier molecular flexibility index (Phi) is 3.96. The van der Waals surface area contributed by atoms with Gasteiger partial charge in [-0.15, -0.1) is 0 Å². The Balaban J connectivity index is 1.73. The highest BCUT2D eigenvalue weighted by atomic mass is 16.5. The summed E-state index contributed by atoms with van der Waals surface area (Å²) in [7, 11) is 0. The molecular formula is C17H20N2O2. The SMILES string of the molecule is Cc1cc(C#CCN)cc(C(=O)NC2CC3CCC2O3)c1. The first kappa shape index (κ1) is 14.1. The number of benzene rings is 1. The van der Waals surface area contributed by atoms with Crippen LogP contribution in [0.2, 0.25) is 0 Å². The molecule has 3 atom stereocenters. The lowest BCUT2D eigenvalue weighted by molar-refractivity contribution is 0.0841. The van der Waals surface area contributed by atoms with Crippen molar-refractivity contribution in [2.24, 2.45) is 5.73 Å². The minimum absolute atomic E-state index is 0.0457. The maximum atomic E-state index is 12.4. The highest BCUT2D eigenvalue weighted by Crippen LogP contribution is 2.34. The fraction of sp³-hybridized carbons (Fsp3) is 0.471. The first-order chi connectivity index (χ1) is 10.2. The molecule has 1 amide bonds. The van der Waals surface area contributed by atoms with E-state index in [0.29, 0.717) is 18.2 Å². The van der Waals surface area contributed by atoms with E-state index >= 15 is 0 Å². The fourth-order valence-electron chi connectivity index (χ4n) is 3.18. The van der Waals surface area contributed by atoms with Crippen LogP contribution >= 0.6 is 0 Å². The molecule has 0 radical (unpaired) electrons. The van der Waals surface area contributed by atoms with E-state index in [1.54, 1.807) is 0 Å². The molecule has 0 spiro atoms. The Bertz CT molecular complexity index is 615. The third-order valence-corrected chi connectivity index (χ3v) is 4.10. The summed E-state index contributed by atoms with van der Waals surface area (Å²) >= 11 is 0. The Morgan fingerprint density at radius 2 is 2.29 bits per heavy atom. The molecule has 21 heavy (non-hydrogen) atoms. The molecule has 3 unspecified atom stereocenters. The monoisotopic (exact) mass is 284 g/mol. The van der Waals surface area contributed by atoms with Crippen molar-refractivity contribution in [1.29, 1.82) is 0 Å². The summed E-state index contributed by atoms with van der Waals surface area (Å²) in [5.41, 5.74) is 7.89. The van der Waals surface area contributed by atoms with Crippen LogP contribution in [0.15, 0.2) is 18.2 Å². The van der Waals surface area contributed by atoms with Gasteiger partial charge in [-0.05, 0) is 49.9 Å². The second-order valence-corrected chi connectivity index (χ2v) is 5.78. The molecular weight excluding hydrogens is 264 g/mol. The van der Waals surface area contributed by atoms with E-state index in [4.69, 9.17) is 10.5 Å². The summed E-state index contributed by atoms with van der Waals surface area (Å²) in [6, 6.07) is 5.81. The molecule has 2 fully saturated rings. The number of carbonyl (C=O) groups excluding carboxylic acids is 1. The van der Waals surface area contributed by atoms with Gasteiger partial charge in [0, 0.05) is 11.1 Å². The van der Waals surface area contributed by atoms with Gasteiger partial charge >= 0.3 is 0 Å². The molecule has 0 aromatic heterocycles. The van der Waals surface area contributed by atoms with Crippen LogP contribution in [0, 0.1) is 18.8 Å². The van der Waals surface area contributed by atoms with Gasteiger partial charge in [-0.25, -0.2) is 0 Å². The van der Waals surface area contributed by atoms with E-state index in [-0.39, 0.29) is 18.1 Å². The third-order valence-electron chi connectivity index (χ3n) is 4.10. The van der Waals surface area contributed by atoms with Gasteiger partial charge in [0.1, 0.15) is 0 Å². The number of carbonyl (C=O) groups is 1. The minimum atomic E-state index is -0.0457. The molecule has 2 saturated heterocycles. The van der Waals surface area contributed by atoms with E-state index in [9.17, 15) is 4.79 Å². The molecule has 4 heteroatoms. The Hall–Kier alpha value is -1.83. The first-order valence-electron chi connectivity index (χ1n) is 7.42. The molecule has 0 aliphatic carbocycles. The van der Waals surface area contributed by atoms with Crippen molar-refractivity contribution in [3.63, 3.8) is 0 Å². The van der Waals surface area contributed by atoms with Gasteiger partial charge in [0.15, 0.2) is 0 Å². The summed E-state index contributed by atoms with van der Waals surface area (Å²) in [5.74, 6) is 5.75. The van der Waals surface area contributed by atoms with Crippen LogP contribution in [0.25, 0.3) is 0 Å². The minimum Gasteiger partial charge on any atom is -0.373 e. The molecule has 2 bridgehead atoms. The standard InChI is InChI=1S/C17H20N2O2/c1-11-7-12(3-2-6-18)9-13(8-11)17(20)19-15-10-14-4-5-16(15)21-14/h7-9,14-16H,4-6,10,18H2,1H3,(H,19,20). The average Bonchev–Trinajstić information content (AvgIpc) is 3.07. The summed E-state index contributed by atoms with van der Waals surface area (Å²) in [5, 5.41) is 3.10. The lowest BCUT2D eigenvalue weighted by Gasteiger charge is -2.20. The normalized spacial score (nSPS) is 26.3. The molecule has 0 saturated carbocycles. The van der Waals surface area contributed by atoms with Gasteiger partial charge in [-0.2, -0.15) is 0 Å². The summed E-state index contributed by atoms with van der Waals surface area (Å²) in [6.07, 6.45) is 3.64. The van der Waals surface area contributed by atoms with Crippen LogP contribution < -0.4 is 11.1 Å². The van der Waals surface area contributed by atoms with Crippen molar-refractivity contribution in [1.82, 2.24) is 5.32 Å². The maximum absolute atomic E-state index is 12.4. The molecule has 2 aliphatic rings. The van der Waals surface area contributed by atoms with Crippen molar-refractivity contribution >= 4 is 5.91 Å². The molecule has 4 nitrogen and oxygen atoms in total. The number of nitrogens with two attached hydrogens (primary N) is 1. The van der Waals surface area contributed by atoms with Crippen LogP contribution in [0.1, 0.15) is 40.7 Å². The van der Waals surface area contributed by atoms with E-state index in [2.05, 4.69) is 17.2 Å². The second kappa shape index (κ2) is 5.88. The number of fused-ring (bicyclic) bond motifs is 2. The molecule has 2 aliphatic heterocycles. The number of aryl methyl sites for hydroxylation is 1. The molecule has 3 N–H and O–H groups in total. The Morgan fingerprint density at radius 3 is 2.95 bits per heavy atom. The van der Waals surface area contributed by atoms with Crippen molar-refractivity contribution in [2.75, 3.05) is 6.54 Å². The zero-order chi connectivity index (χ0) is 14.8. The van der Waals surface area contributed by atoms with Crippen LogP contribution in [0.3, 0.4) is 0 Å². The Morgan fingerprint density at radius 1 is 1.43 bits per heavy atom. The molecule has 2 heterocycles. The van der Waals surface area contributed by atoms with Crippen LogP contribution in [-0.4, -0.2) is 30.7 Å². The quantitative estimate of drug-likeness (QED) is 0.806. The third kappa shape index (κ3) is 3.10. The molecule has 1 aromatic carbocycles. The predicted octanol–water partition coefficient (Wildman–Crippen LogP) is 1.35. The van der Waals surface area contributed by atoms with Gasteiger partial charge < -0.3 is 15.8 Å². The van der Waals surface area contributed by atoms with E-state index < -0.39 is 0 Å². The smallest absolute Gasteiger partial charge is 0.251 e. The van der Waals surface area contributed by atoms with Crippen LogP contribution in [-0.2, 0) is 4.74 Å². The van der Waals surface area contributed by atoms with Crippen LogP contribution in [0.5, 0.6) is 0 Å². The summed E-state index contributed by atoms with van der Waals surface area (Å²) in [4.78, 5) is 12.4. The highest BCUT2D eigenvalue weighted by molar-refractivity contribution is 5.95. The number of ether oxygens (including phenoxy) is 1. The fourth-order valence-corrected chi connectivity index (χ4v) is 3.18. The average molecular weight is 284 g/mol. The number of nitrogens with one attached hydrogen (secondary N) is 1. The molecule has 110 valence electrons. The Labute approximate surface area is 125 Å². The number of hydrogen-bond donors (Lipinski definition) is 2. The van der Waals surface area contributed by atoms with Gasteiger partial charge in [0.05, 0.1) is 24.8 Å². The van der Waals surface area contributed by atoms with Gasteiger partial charge in [-0.3, -0.25) is 4.79 Å². The number of hydrogen-bond acceptors (Lipinski definition) is 3. The zero-order valence-electron chi connectivity index (χ0n) is 12.2. The van der Waals surface area contributed by atoms with Gasteiger partial charge in [0.25, 0.3) is 5.91 Å².